The van der Waals surface area contributed by atoms with Gasteiger partial charge in [0, 0.05) is 6.54 Å². The fourth-order valence-electron chi connectivity index (χ4n) is 3.13. The lowest BCUT2D eigenvalue weighted by atomic mass is 9.96. The van der Waals surface area contributed by atoms with Gasteiger partial charge in [0.15, 0.2) is 0 Å². The number of nitrogens with one attached hydrogen (secondary N) is 2. The molecule has 4 nitrogen and oxygen atoms in total. The smallest absolute Gasteiger partial charge is 0.352 e. The van der Waals surface area contributed by atoms with Crippen molar-refractivity contribution in [2.75, 3.05) is 13.2 Å². The SMILES string of the molecule is CC(NC(=O)c1ccc(/C=C/C(c2cc(Cl)c(Cl)c(Cl)c2)C(F)(F)F)cc1C(F)(F)F)C(=O)NCCF. The zero-order valence-corrected chi connectivity index (χ0v) is 21.0. The minimum atomic E-state index is -5.06. The van der Waals surface area contributed by atoms with Gasteiger partial charge in [-0.05, 0) is 42.3 Å². The summed E-state index contributed by atoms with van der Waals surface area (Å²) in [4.78, 5) is 24.2. The molecule has 2 atom stereocenters. The van der Waals surface area contributed by atoms with E-state index in [1.54, 1.807) is 0 Å². The van der Waals surface area contributed by atoms with Crippen LogP contribution >= 0.6 is 34.8 Å². The molecule has 0 aliphatic rings. The van der Waals surface area contributed by atoms with Crippen LogP contribution in [0.2, 0.25) is 15.1 Å². The predicted molar refractivity (Wildman–Crippen MR) is 127 cm³/mol. The highest BCUT2D eigenvalue weighted by atomic mass is 35.5. The van der Waals surface area contributed by atoms with Gasteiger partial charge in [-0.25, -0.2) is 4.39 Å². The first-order valence-corrected chi connectivity index (χ1v) is 11.4. The summed E-state index contributed by atoms with van der Waals surface area (Å²) in [6.07, 6.45) is -8.50. The third-order valence-corrected chi connectivity index (χ3v) is 6.12. The van der Waals surface area contributed by atoms with Crippen LogP contribution in [0.15, 0.2) is 36.4 Å². The van der Waals surface area contributed by atoms with Crippen LogP contribution in [0.25, 0.3) is 6.08 Å². The van der Waals surface area contributed by atoms with Crippen molar-refractivity contribution in [3.63, 3.8) is 0 Å². The van der Waals surface area contributed by atoms with Gasteiger partial charge in [-0.2, -0.15) is 26.3 Å². The minimum absolute atomic E-state index is 0.158. The van der Waals surface area contributed by atoms with E-state index in [4.69, 9.17) is 34.8 Å². The van der Waals surface area contributed by atoms with Crippen molar-refractivity contribution in [1.29, 1.82) is 0 Å². The van der Waals surface area contributed by atoms with Crippen LogP contribution in [-0.2, 0) is 11.0 Å². The molecule has 14 heteroatoms. The van der Waals surface area contributed by atoms with E-state index in [0.29, 0.717) is 12.1 Å². The Bertz CT molecular complexity index is 1160. The molecule has 2 aromatic rings. The third-order valence-electron chi connectivity index (χ3n) is 4.93. The fourth-order valence-corrected chi connectivity index (χ4v) is 3.75. The Morgan fingerprint density at radius 2 is 1.59 bits per heavy atom. The molecule has 0 aliphatic carbocycles. The van der Waals surface area contributed by atoms with Crippen molar-refractivity contribution in [2.45, 2.75) is 31.2 Å². The van der Waals surface area contributed by atoms with Gasteiger partial charge in [0.25, 0.3) is 5.91 Å². The summed E-state index contributed by atoms with van der Waals surface area (Å²) >= 11 is 17.4. The fraction of sp³-hybridized carbons (Fsp3) is 0.304. The van der Waals surface area contributed by atoms with Crippen LogP contribution in [0.5, 0.6) is 0 Å². The number of allylic oxidation sites excluding steroid dienone is 1. The Kier molecular flexibility index (Phi) is 10.3. The van der Waals surface area contributed by atoms with E-state index in [9.17, 15) is 40.3 Å². The number of halogens is 10. The maximum atomic E-state index is 13.7. The molecule has 0 spiro atoms. The van der Waals surface area contributed by atoms with E-state index in [2.05, 4.69) is 10.6 Å². The summed E-state index contributed by atoms with van der Waals surface area (Å²) in [5, 5.41) is 3.56. The summed E-state index contributed by atoms with van der Waals surface area (Å²) in [7, 11) is 0. The molecule has 37 heavy (non-hydrogen) atoms. The first-order valence-electron chi connectivity index (χ1n) is 10.3. The summed E-state index contributed by atoms with van der Waals surface area (Å²) in [6, 6.07) is 2.86. The van der Waals surface area contributed by atoms with Crippen molar-refractivity contribution in [1.82, 2.24) is 10.6 Å². The zero-order valence-electron chi connectivity index (χ0n) is 18.7. The highest BCUT2D eigenvalue weighted by molar-refractivity contribution is 6.48. The van der Waals surface area contributed by atoms with E-state index in [1.165, 1.54) is 6.92 Å². The monoisotopic (exact) mass is 592 g/mol. The molecule has 0 bridgehead atoms. The largest absolute Gasteiger partial charge is 0.417 e. The van der Waals surface area contributed by atoms with Crippen LogP contribution in [0.3, 0.4) is 0 Å². The first kappa shape index (κ1) is 30.7. The van der Waals surface area contributed by atoms with E-state index < -0.39 is 59.5 Å². The topological polar surface area (TPSA) is 58.2 Å². The molecule has 2 N–H and O–H groups in total. The van der Waals surface area contributed by atoms with Crippen molar-refractivity contribution in [3.8, 4) is 0 Å². The van der Waals surface area contributed by atoms with Crippen molar-refractivity contribution in [2.24, 2.45) is 0 Å². The van der Waals surface area contributed by atoms with Gasteiger partial charge in [0.2, 0.25) is 5.91 Å². The molecule has 0 radical (unpaired) electrons. The molecule has 2 rings (SSSR count). The lowest BCUT2D eigenvalue weighted by molar-refractivity contribution is -0.139. The lowest BCUT2D eigenvalue weighted by Gasteiger charge is -2.19. The maximum absolute atomic E-state index is 13.7. The predicted octanol–water partition coefficient (Wildman–Crippen LogP) is 7.23. The van der Waals surface area contributed by atoms with Gasteiger partial charge in [-0.3, -0.25) is 9.59 Å². The Morgan fingerprint density at radius 1 is 1.00 bits per heavy atom. The van der Waals surface area contributed by atoms with Gasteiger partial charge < -0.3 is 10.6 Å². The molecule has 0 saturated carbocycles. The van der Waals surface area contributed by atoms with E-state index >= 15 is 0 Å². The number of hydrogen-bond donors (Lipinski definition) is 2. The van der Waals surface area contributed by atoms with Gasteiger partial charge in [-0.1, -0.05) is 53.0 Å². The molecule has 202 valence electrons. The quantitative estimate of drug-likeness (QED) is 0.251. The van der Waals surface area contributed by atoms with Crippen LogP contribution in [0.1, 0.15) is 39.9 Å². The lowest BCUT2D eigenvalue weighted by Crippen LogP contribution is -2.45. The molecule has 2 aromatic carbocycles. The Hall–Kier alpha value is -2.50. The van der Waals surface area contributed by atoms with Crippen molar-refractivity contribution < 1.29 is 40.3 Å². The number of carbonyl (C=O) groups is 2. The third kappa shape index (κ3) is 8.24. The Balaban J connectivity index is 2.41. The number of amides is 2. The molecule has 2 unspecified atom stereocenters. The van der Waals surface area contributed by atoms with Crippen LogP contribution in [0, 0.1) is 0 Å². The van der Waals surface area contributed by atoms with Crippen LogP contribution in [0.4, 0.5) is 30.7 Å². The van der Waals surface area contributed by atoms with E-state index in [0.717, 1.165) is 30.3 Å². The molecular formula is C23H18Cl3F7N2O2. The molecule has 0 saturated heterocycles. The average molecular weight is 594 g/mol. The summed E-state index contributed by atoms with van der Waals surface area (Å²) < 4.78 is 94.4. The van der Waals surface area contributed by atoms with Crippen molar-refractivity contribution in [3.05, 3.63) is 73.7 Å². The summed E-state index contributed by atoms with van der Waals surface area (Å²) in [6.45, 7) is -0.0451. The average Bonchev–Trinajstić information content (AvgIpc) is 2.79. The van der Waals surface area contributed by atoms with Gasteiger partial charge in [-0.15, -0.1) is 0 Å². The number of rotatable bonds is 8. The number of hydrogen-bond acceptors (Lipinski definition) is 2. The maximum Gasteiger partial charge on any atom is 0.417 e. The molecule has 2 amide bonds. The Morgan fingerprint density at radius 3 is 2.11 bits per heavy atom. The summed E-state index contributed by atoms with van der Waals surface area (Å²) in [5.74, 6) is -4.37. The second-order valence-electron chi connectivity index (χ2n) is 7.65. The highest BCUT2D eigenvalue weighted by Crippen LogP contribution is 2.41. The van der Waals surface area contributed by atoms with Crippen LogP contribution < -0.4 is 10.6 Å². The minimum Gasteiger partial charge on any atom is -0.352 e. The van der Waals surface area contributed by atoms with Crippen LogP contribution in [-0.4, -0.2) is 37.3 Å². The van der Waals surface area contributed by atoms with Crippen molar-refractivity contribution >= 4 is 52.7 Å². The Labute approximate surface area is 221 Å². The number of alkyl halides is 7. The normalized spacial score (nSPS) is 13.9. The number of benzene rings is 2. The molecule has 0 aliphatic heterocycles. The van der Waals surface area contributed by atoms with Gasteiger partial charge >= 0.3 is 12.4 Å². The van der Waals surface area contributed by atoms with E-state index in [1.807, 2.05) is 0 Å². The van der Waals surface area contributed by atoms with Gasteiger partial charge in [0.1, 0.15) is 12.7 Å². The second-order valence-corrected chi connectivity index (χ2v) is 8.85. The standard InChI is InChI=1S/C23H18Cl3F7N2O2/c1-11(20(36)34-7-6-27)35-21(37)14-4-2-12(8-16(14)23(31,32)33)3-5-15(22(28,29)30)13-9-17(24)19(26)18(25)10-13/h2-5,8-11,15H,6-7H2,1H3,(H,34,36)(H,35,37)/b5-3+. The molecule has 0 aromatic heterocycles. The molecule has 0 heterocycles. The van der Waals surface area contributed by atoms with Gasteiger partial charge in [0.05, 0.1) is 32.1 Å². The second kappa shape index (κ2) is 12.4. The number of carbonyl (C=O) groups excluding carboxylic acids is 2. The molecular weight excluding hydrogens is 576 g/mol. The highest BCUT2D eigenvalue weighted by Gasteiger charge is 2.40. The summed E-state index contributed by atoms with van der Waals surface area (Å²) in [5.41, 5.74) is -2.99. The molecule has 0 fully saturated rings. The van der Waals surface area contributed by atoms with E-state index in [-0.39, 0.29) is 27.2 Å². The first-order chi connectivity index (χ1) is 17.1. The zero-order chi connectivity index (χ0) is 28.1.